The average Bonchev–Trinajstić information content (AvgIpc) is 2.53. The number of nitrogens with zero attached hydrogens (tertiary/aromatic N) is 4. The second kappa shape index (κ2) is 5.72. The zero-order valence-electron chi connectivity index (χ0n) is 11.9. The van der Waals surface area contributed by atoms with Crippen molar-refractivity contribution in [3.8, 4) is 0 Å². The maximum absolute atomic E-state index is 12.1. The van der Waals surface area contributed by atoms with E-state index in [0.29, 0.717) is 22.3 Å². The molecule has 0 aliphatic carbocycles. The molecular weight excluding hydrogens is 282 g/mol. The molecule has 0 bridgehead atoms. The first-order valence-corrected chi connectivity index (χ1v) is 6.66. The van der Waals surface area contributed by atoms with Crippen LogP contribution in [0.25, 0.3) is 10.8 Å². The molecule has 7 nitrogen and oxygen atoms in total. The van der Waals surface area contributed by atoms with Crippen LogP contribution in [-0.2, 0) is 18.3 Å². The minimum Gasteiger partial charge on any atom is -0.310 e. The summed E-state index contributed by atoms with van der Waals surface area (Å²) in [5.41, 5.74) is 0.361. The normalized spacial score (nSPS) is 10.6. The Kier molecular flexibility index (Phi) is 3.61. The third-order valence-electron chi connectivity index (χ3n) is 3.21. The predicted octanol–water partition coefficient (Wildman–Crippen LogP) is 0.905. The van der Waals surface area contributed by atoms with Crippen LogP contribution < -0.4 is 10.9 Å². The van der Waals surface area contributed by atoms with Crippen LogP contribution in [0.5, 0.6) is 0 Å². The Bertz CT molecular complexity index is 889. The van der Waals surface area contributed by atoms with Gasteiger partial charge in [-0.3, -0.25) is 9.59 Å². The van der Waals surface area contributed by atoms with Crippen LogP contribution in [0.3, 0.4) is 0 Å². The summed E-state index contributed by atoms with van der Waals surface area (Å²) in [6.45, 7) is 0. The zero-order chi connectivity index (χ0) is 15.5. The highest BCUT2D eigenvalue weighted by molar-refractivity contribution is 5.94. The van der Waals surface area contributed by atoms with E-state index in [0.717, 1.165) is 0 Å². The molecule has 2 aromatic heterocycles. The Morgan fingerprint density at radius 3 is 2.73 bits per heavy atom. The lowest BCUT2D eigenvalue weighted by Gasteiger charge is -2.08. The molecule has 7 heteroatoms. The van der Waals surface area contributed by atoms with Crippen molar-refractivity contribution >= 4 is 22.5 Å². The lowest BCUT2D eigenvalue weighted by Crippen LogP contribution is -2.24. The monoisotopic (exact) mass is 295 g/mol. The summed E-state index contributed by atoms with van der Waals surface area (Å²) < 4.78 is 1.25. The molecule has 0 unspecified atom stereocenters. The molecule has 1 amide bonds. The maximum atomic E-state index is 12.1. The minimum absolute atomic E-state index is 0.0542. The van der Waals surface area contributed by atoms with E-state index >= 15 is 0 Å². The van der Waals surface area contributed by atoms with Crippen LogP contribution in [0.1, 0.15) is 5.69 Å². The van der Waals surface area contributed by atoms with Gasteiger partial charge in [-0.1, -0.05) is 18.2 Å². The SMILES string of the molecule is Cn1nc(CC(=O)Nc2ccncn2)c2ccccc2c1=O. The van der Waals surface area contributed by atoms with Crippen molar-refractivity contribution in [1.82, 2.24) is 19.7 Å². The number of anilines is 1. The molecule has 1 aromatic carbocycles. The fraction of sp³-hybridized carbons (Fsp3) is 0.133. The van der Waals surface area contributed by atoms with Crippen LogP contribution in [0.2, 0.25) is 0 Å². The molecule has 0 atom stereocenters. The summed E-state index contributed by atoms with van der Waals surface area (Å²) in [5, 5.41) is 8.09. The molecule has 0 spiro atoms. The lowest BCUT2D eigenvalue weighted by atomic mass is 10.1. The van der Waals surface area contributed by atoms with E-state index in [2.05, 4.69) is 20.4 Å². The molecule has 3 rings (SSSR count). The molecule has 3 aromatic rings. The smallest absolute Gasteiger partial charge is 0.274 e. The van der Waals surface area contributed by atoms with Gasteiger partial charge in [0, 0.05) is 18.6 Å². The summed E-state index contributed by atoms with van der Waals surface area (Å²) in [4.78, 5) is 31.9. The molecule has 2 heterocycles. The first-order valence-electron chi connectivity index (χ1n) is 6.66. The number of hydrogen-bond donors (Lipinski definition) is 1. The van der Waals surface area contributed by atoms with Gasteiger partial charge in [-0.2, -0.15) is 5.10 Å². The molecule has 110 valence electrons. The maximum Gasteiger partial charge on any atom is 0.274 e. The van der Waals surface area contributed by atoms with Gasteiger partial charge in [0.1, 0.15) is 12.1 Å². The van der Waals surface area contributed by atoms with E-state index < -0.39 is 0 Å². The Morgan fingerprint density at radius 2 is 2.00 bits per heavy atom. The summed E-state index contributed by atoms with van der Waals surface area (Å²) >= 11 is 0. The number of nitrogens with one attached hydrogen (secondary N) is 1. The molecule has 0 aliphatic rings. The standard InChI is InChI=1S/C15H13N5O2/c1-20-15(22)11-5-3-2-4-10(11)12(19-20)8-14(21)18-13-6-7-16-9-17-13/h2-7,9H,8H2,1H3,(H,16,17,18,21). The summed E-state index contributed by atoms with van der Waals surface area (Å²) in [7, 11) is 1.57. The number of rotatable bonds is 3. The van der Waals surface area contributed by atoms with Gasteiger partial charge in [-0.15, -0.1) is 0 Å². The summed E-state index contributed by atoms with van der Waals surface area (Å²) in [6, 6.07) is 8.72. The number of aryl methyl sites for hydroxylation is 1. The van der Waals surface area contributed by atoms with Crippen LogP contribution in [0.15, 0.2) is 47.7 Å². The fourth-order valence-electron chi connectivity index (χ4n) is 2.21. The number of carbonyl (C=O) groups is 1. The van der Waals surface area contributed by atoms with Gasteiger partial charge < -0.3 is 5.32 Å². The van der Waals surface area contributed by atoms with E-state index in [1.54, 1.807) is 37.5 Å². The third kappa shape index (κ3) is 2.69. The summed E-state index contributed by atoms with van der Waals surface area (Å²) in [6.07, 6.45) is 2.95. The first-order chi connectivity index (χ1) is 10.6. The second-order valence-corrected chi connectivity index (χ2v) is 4.74. The first kappa shape index (κ1) is 13.9. The van der Waals surface area contributed by atoms with Crippen LogP contribution in [-0.4, -0.2) is 25.7 Å². The van der Waals surface area contributed by atoms with Gasteiger partial charge in [-0.25, -0.2) is 14.6 Å². The number of fused-ring (bicyclic) bond motifs is 1. The lowest BCUT2D eigenvalue weighted by molar-refractivity contribution is -0.115. The van der Waals surface area contributed by atoms with Crippen molar-refractivity contribution < 1.29 is 4.79 Å². The molecule has 0 radical (unpaired) electrons. The average molecular weight is 295 g/mol. The largest absolute Gasteiger partial charge is 0.310 e. The van der Waals surface area contributed by atoms with Gasteiger partial charge in [0.15, 0.2) is 0 Å². The topological polar surface area (TPSA) is 89.8 Å². The molecular formula is C15H13N5O2. The van der Waals surface area contributed by atoms with E-state index in [9.17, 15) is 9.59 Å². The Labute approximate surface area is 125 Å². The van der Waals surface area contributed by atoms with Crippen LogP contribution in [0.4, 0.5) is 5.82 Å². The van der Waals surface area contributed by atoms with Gasteiger partial charge in [0.25, 0.3) is 5.56 Å². The number of amides is 1. The highest BCUT2D eigenvalue weighted by Gasteiger charge is 2.12. The second-order valence-electron chi connectivity index (χ2n) is 4.74. The van der Waals surface area contributed by atoms with Gasteiger partial charge in [0.2, 0.25) is 5.91 Å². The van der Waals surface area contributed by atoms with Crippen molar-refractivity contribution in [1.29, 1.82) is 0 Å². The predicted molar refractivity (Wildman–Crippen MR) is 81.3 cm³/mol. The number of carbonyl (C=O) groups excluding carboxylic acids is 1. The number of hydrogen-bond acceptors (Lipinski definition) is 5. The van der Waals surface area contributed by atoms with Crippen LogP contribution >= 0.6 is 0 Å². The van der Waals surface area contributed by atoms with Crippen molar-refractivity contribution in [3.05, 3.63) is 58.9 Å². The Morgan fingerprint density at radius 1 is 1.23 bits per heavy atom. The van der Waals surface area contributed by atoms with Gasteiger partial charge >= 0.3 is 0 Å². The zero-order valence-corrected chi connectivity index (χ0v) is 11.9. The number of aromatic nitrogens is 4. The molecule has 22 heavy (non-hydrogen) atoms. The molecule has 0 saturated heterocycles. The molecule has 0 fully saturated rings. The van der Waals surface area contributed by atoms with Gasteiger partial charge in [0.05, 0.1) is 17.5 Å². The Hall–Kier alpha value is -3.09. The molecule has 0 saturated carbocycles. The van der Waals surface area contributed by atoms with Crippen molar-refractivity contribution in [3.63, 3.8) is 0 Å². The van der Waals surface area contributed by atoms with Crippen molar-refractivity contribution in [2.75, 3.05) is 5.32 Å². The fourth-order valence-corrected chi connectivity index (χ4v) is 2.21. The van der Waals surface area contributed by atoms with E-state index in [1.807, 2.05) is 6.07 Å². The van der Waals surface area contributed by atoms with Crippen molar-refractivity contribution in [2.24, 2.45) is 7.05 Å². The van der Waals surface area contributed by atoms with Gasteiger partial charge in [-0.05, 0) is 12.1 Å². The van der Waals surface area contributed by atoms with E-state index in [1.165, 1.54) is 11.0 Å². The van der Waals surface area contributed by atoms with Crippen molar-refractivity contribution in [2.45, 2.75) is 6.42 Å². The quantitative estimate of drug-likeness (QED) is 0.775. The number of benzene rings is 1. The molecule has 0 aliphatic heterocycles. The summed E-state index contributed by atoms with van der Waals surface area (Å²) in [5.74, 6) is 0.170. The highest BCUT2D eigenvalue weighted by atomic mass is 16.1. The third-order valence-corrected chi connectivity index (χ3v) is 3.21. The minimum atomic E-state index is -0.255. The van der Waals surface area contributed by atoms with Crippen LogP contribution in [0, 0.1) is 0 Å². The van der Waals surface area contributed by atoms with E-state index in [4.69, 9.17) is 0 Å². The highest BCUT2D eigenvalue weighted by Crippen LogP contribution is 2.14. The molecule has 1 N–H and O–H groups in total. The Balaban J connectivity index is 1.92. The van der Waals surface area contributed by atoms with E-state index in [-0.39, 0.29) is 17.9 Å².